The second kappa shape index (κ2) is 3.95. The Balaban J connectivity index is 2.29. The van der Waals surface area contributed by atoms with E-state index in [2.05, 4.69) is 15.2 Å². The third kappa shape index (κ3) is 1.93. The fourth-order valence-corrected chi connectivity index (χ4v) is 2.52. The summed E-state index contributed by atoms with van der Waals surface area (Å²) in [5.41, 5.74) is -1.48. The first-order valence-electron chi connectivity index (χ1n) is 5.19. The van der Waals surface area contributed by atoms with Crippen molar-refractivity contribution in [1.82, 2.24) is 15.2 Å². The van der Waals surface area contributed by atoms with Crippen molar-refractivity contribution in [3.63, 3.8) is 0 Å². The molecule has 3 aromatic rings. The Bertz CT molecular complexity index is 786. The zero-order chi connectivity index (χ0) is 13.6. The highest BCUT2D eigenvalue weighted by Gasteiger charge is 2.33. The molecule has 3 heterocycles. The van der Waals surface area contributed by atoms with E-state index in [4.69, 9.17) is 0 Å². The van der Waals surface area contributed by atoms with Gasteiger partial charge in [-0.15, -0.1) is 11.3 Å². The fourth-order valence-electron chi connectivity index (χ4n) is 1.79. The lowest BCUT2D eigenvalue weighted by Crippen LogP contribution is -2.13. The Morgan fingerprint density at radius 2 is 2.11 bits per heavy atom. The topological polar surface area (TPSA) is 61.5 Å². The summed E-state index contributed by atoms with van der Waals surface area (Å²) in [7, 11) is 0. The van der Waals surface area contributed by atoms with E-state index in [-0.39, 0.29) is 11.0 Å². The summed E-state index contributed by atoms with van der Waals surface area (Å²) >= 11 is 1.37. The van der Waals surface area contributed by atoms with Crippen LogP contribution in [0.25, 0.3) is 21.6 Å². The van der Waals surface area contributed by atoms with Gasteiger partial charge < -0.3 is 4.98 Å². The molecule has 8 heteroatoms. The molecular weight excluding hydrogens is 279 g/mol. The number of pyridine rings is 1. The maximum Gasteiger partial charge on any atom is 0.431 e. The molecule has 4 nitrogen and oxygen atoms in total. The molecule has 2 N–H and O–H groups in total. The first kappa shape index (κ1) is 12.0. The van der Waals surface area contributed by atoms with Crippen LogP contribution in [0.1, 0.15) is 5.69 Å². The minimum Gasteiger partial charge on any atom is -0.334 e. The van der Waals surface area contributed by atoms with Crippen molar-refractivity contribution >= 4 is 22.4 Å². The normalized spacial score (nSPS) is 12.2. The third-order valence-corrected chi connectivity index (χ3v) is 3.50. The molecule has 3 aromatic heterocycles. The lowest BCUT2D eigenvalue weighted by Gasteiger charge is -2.05. The van der Waals surface area contributed by atoms with Crippen LogP contribution in [0.15, 0.2) is 28.4 Å². The second-order valence-corrected chi connectivity index (χ2v) is 4.79. The number of thiophene rings is 1. The summed E-state index contributed by atoms with van der Waals surface area (Å²) in [6, 6.07) is 4.09. The molecule has 3 rings (SSSR count). The van der Waals surface area contributed by atoms with Gasteiger partial charge in [0, 0.05) is 6.07 Å². The summed E-state index contributed by atoms with van der Waals surface area (Å²) < 4.78 is 37.7. The van der Waals surface area contributed by atoms with Gasteiger partial charge in [0.1, 0.15) is 5.69 Å². The van der Waals surface area contributed by atoms with Gasteiger partial charge in [-0.3, -0.25) is 9.89 Å². The van der Waals surface area contributed by atoms with Gasteiger partial charge in [0.2, 0.25) is 0 Å². The minimum absolute atomic E-state index is 0.0942. The molecule has 0 aliphatic heterocycles. The second-order valence-electron chi connectivity index (χ2n) is 3.84. The molecule has 0 aliphatic carbocycles. The Kier molecular flexibility index (Phi) is 2.49. The van der Waals surface area contributed by atoms with Crippen molar-refractivity contribution in [3.05, 3.63) is 39.5 Å². The van der Waals surface area contributed by atoms with Gasteiger partial charge in [0.15, 0.2) is 11.1 Å². The summed E-state index contributed by atoms with van der Waals surface area (Å²) in [6.07, 6.45) is -4.60. The van der Waals surface area contributed by atoms with Gasteiger partial charge in [-0.25, -0.2) is 0 Å². The molecule has 0 unspecified atom stereocenters. The molecule has 0 saturated heterocycles. The van der Waals surface area contributed by atoms with Crippen molar-refractivity contribution in [2.24, 2.45) is 0 Å². The highest BCUT2D eigenvalue weighted by molar-refractivity contribution is 7.13. The Hall–Kier alpha value is -2.09. The predicted octanol–water partition coefficient (Wildman–Crippen LogP) is 3.00. The minimum atomic E-state index is -4.60. The average molecular weight is 285 g/mol. The third-order valence-electron chi connectivity index (χ3n) is 2.61. The van der Waals surface area contributed by atoms with Crippen molar-refractivity contribution < 1.29 is 13.2 Å². The number of alkyl halides is 3. The lowest BCUT2D eigenvalue weighted by atomic mass is 10.2. The lowest BCUT2D eigenvalue weighted by molar-refractivity contribution is -0.141. The van der Waals surface area contributed by atoms with Crippen LogP contribution in [0.5, 0.6) is 0 Å². The number of hydrogen-bond donors (Lipinski definition) is 2. The van der Waals surface area contributed by atoms with Crippen LogP contribution in [0.3, 0.4) is 0 Å². The van der Waals surface area contributed by atoms with Crippen LogP contribution in [0.4, 0.5) is 13.2 Å². The molecule has 0 fully saturated rings. The number of nitrogens with zero attached hydrogens (tertiary/aromatic N) is 1. The number of H-pyrrole nitrogens is 2. The first-order valence-corrected chi connectivity index (χ1v) is 6.07. The molecule has 0 aromatic carbocycles. The van der Waals surface area contributed by atoms with E-state index in [1.54, 1.807) is 17.5 Å². The highest BCUT2D eigenvalue weighted by Crippen LogP contribution is 2.30. The van der Waals surface area contributed by atoms with Gasteiger partial charge in [0.25, 0.3) is 0 Å². The quantitative estimate of drug-likeness (QED) is 0.722. The molecule has 0 radical (unpaired) electrons. The van der Waals surface area contributed by atoms with E-state index in [1.165, 1.54) is 11.3 Å². The van der Waals surface area contributed by atoms with E-state index in [0.29, 0.717) is 11.8 Å². The van der Waals surface area contributed by atoms with Gasteiger partial charge in [-0.05, 0) is 11.4 Å². The number of rotatable bonds is 1. The maximum atomic E-state index is 12.6. The van der Waals surface area contributed by atoms with Crippen LogP contribution in [0, 0.1) is 0 Å². The van der Waals surface area contributed by atoms with Crippen LogP contribution < -0.4 is 5.43 Å². The Morgan fingerprint density at radius 3 is 2.74 bits per heavy atom. The van der Waals surface area contributed by atoms with Gasteiger partial charge in [0.05, 0.1) is 16.0 Å². The standard InChI is InChI=1S/C11H6F3N3OS/c12-11(13,14)7-4-5(18)8-9(6-2-1-3-19-6)16-17-10(8)15-7/h1-4H,(H2,15,16,17,18). The van der Waals surface area contributed by atoms with Gasteiger partial charge >= 0.3 is 6.18 Å². The summed E-state index contributed by atoms with van der Waals surface area (Å²) in [6.45, 7) is 0. The van der Waals surface area contributed by atoms with Crippen molar-refractivity contribution in [2.45, 2.75) is 6.18 Å². The van der Waals surface area contributed by atoms with Crippen molar-refractivity contribution in [2.75, 3.05) is 0 Å². The molecular formula is C11H6F3N3OS. The van der Waals surface area contributed by atoms with Crippen LogP contribution >= 0.6 is 11.3 Å². The number of halogens is 3. The molecule has 0 spiro atoms. The van der Waals surface area contributed by atoms with Crippen molar-refractivity contribution in [3.8, 4) is 10.6 Å². The van der Waals surface area contributed by atoms with E-state index in [1.807, 2.05) is 0 Å². The Labute approximate surface area is 107 Å². The molecule has 98 valence electrons. The molecule has 0 aliphatic rings. The molecule has 19 heavy (non-hydrogen) atoms. The number of aromatic nitrogens is 3. The Morgan fingerprint density at radius 1 is 1.32 bits per heavy atom. The van der Waals surface area contributed by atoms with Crippen LogP contribution in [-0.4, -0.2) is 15.2 Å². The van der Waals surface area contributed by atoms with Gasteiger partial charge in [-0.1, -0.05) is 6.07 Å². The summed E-state index contributed by atoms with van der Waals surface area (Å²) in [4.78, 5) is 14.7. The largest absolute Gasteiger partial charge is 0.431 e. The SMILES string of the molecule is O=c1cc(C(F)(F)F)[nH]c2n[nH]c(-c3cccs3)c12. The van der Waals surface area contributed by atoms with Crippen molar-refractivity contribution in [1.29, 1.82) is 0 Å². The van der Waals surface area contributed by atoms with E-state index < -0.39 is 17.3 Å². The number of hydrogen-bond acceptors (Lipinski definition) is 3. The van der Waals surface area contributed by atoms with E-state index in [9.17, 15) is 18.0 Å². The number of nitrogens with one attached hydrogen (secondary N) is 2. The van der Waals surface area contributed by atoms with E-state index in [0.717, 1.165) is 4.88 Å². The monoisotopic (exact) mass is 285 g/mol. The first-order chi connectivity index (χ1) is 8.97. The molecule has 0 atom stereocenters. The smallest absolute Gasteiger partial charge is 0.334 e. The van der Waals surface area contributed by atoms with Crippen LogP contribution in [-0.2, 0) is 6.18 Å². The number of fused-ring (bicyclic) bond motifs is 1. The van der Waals surface area contributed by atoms with E-state index >= 15 is 0 Å². The average Bonchev–Trinajstić information content (AvgIpc) is 2.95. The fraction of sp³-hybridized carbons (Fsp3) is 0.0909. The maximum absolute atomic E-state index is 12.6. The summed E-state index contributed by atoms with van der Waals surface area (Å²) in [5, 5.41) is 8.27. The van der Waals surface area contributed by atoms with Gasteiger partial charge in [-0.2, -0.15) is 18.3 Å². The molecule has 0 saturated carbocycles. The molecule has 0 bridgehead atoms. The zero-order valence-corrected chi connectivity index (χ0v) is 10.0. The van der Waals surface area contributed by atoms with Crippen LogP contribution in [0.2, 0.25) is 0 Å². The predicted molar refractivity (Wildman–Crippen MR) is 65.0 cm³/mol. The zero-order valence-electron chi connectivity index (χ0n) is 9.21. The highest BCUT2D eigenvalue weighted by atomic mass is 32.1. The molecule has 0 amide bonds. The number of aromatic amines is 2. The summed E-state index contributed by atoms with van der Waals surface area (Å²) in [5.74, 6) is 0.